The van der Waals surface area contributed by atoms with E-state index < -0.39 is 0 Å². The Morgan fingerprint density at radius 1 is 1.10 bits per heavy atom. The Balaban J connectivity index is 1.56. The molecule has 2 aromatic carbocycles. The lowest BCUT2D eigenvalue weighted by atomic mass is 10.2. The Labute approximate surface area is 131 Å². The summed E-state index contributed by atoms with van der Waals surface area (Å²) in [6, 6.07) is 17.1. The van der Waals surface area contributed by atoms with E-state index >= 15 is 0 Å². The van der Waals surface area contributed by atoms with Gasteiger partial charge in [-0.1, -0.05) is 31.2 Å². The number of para-hydroxylation sites is 1. The molecule has 0 bridgehead atoms. The van der Waals surface area contributed by atoms with Crippen LogP contribution in [0.2, 0.25) is 0 Å². The first-order valence-corrected chi connectivity index (χ1v) is 8.54. The molecule has 1 aliphatic heterocycles. The fourth-order valence-corrected chi connectivity index (χ4v) is 3.61. The normalized spacial score (nSPS) is 13.9. The Hall–Kier alpha value is -1.61. The van der Waals surface area contributed by atoms with E-state index in [2.05, 4.69) is 60.4 Å². The molecule has 0 aliphatic carbocycles. The summed E-state index contributed by atoms with van der Waals surface area (Å²) in [6.07, 6.45) is 1.07. The lowest BCUT2D eigenvalue weighted by molar-refractivity contribution is 0.324. The lowest BCUT2D eigenvalue weighted by Crippen LogP contribution is -2.33. The standard InChI is InChI=1S/C18H21NOS/c1-2-15-7-9-16(10-8-15)20-13-11-19-12-14-21-18-6-4-3-5-17(18)19/h3-10H,2,11-14H2,1H3. The van der Waals surface area contributed by atoms with Gasteiger partial charge in [-0.05, 0) is 36.2 Å². The molecule has 3 rings (SSSR count). The molecule has 1 aliphatic rings. The Morgan fingerprint density at radius 3 is 2.71 bits per heavy atom. The minimum atomic E-state index is 0.727. The largest absolute Gasteiger partial charge is 0.492 e. The number of hydrogen-bond donors (Lipinski definition) is 0. The second kappa shape index (κ2) is 6.90. The van der Waals surface area contributed by atoms with Crippen molar-refractivity contribution in [2.75, 3.05) is 30.3 Å². The van der Waals surface area contributed by atoms with E-state index in [1.54, 1.807) is 0 Å². The van der Waals surface area contributed by atoms with Crippen LogP contribution in [0.1, 0.15) is 12.5 Å². The summed E-state index contributed by atoms with van der Waals surface area (Å²) < 4.78 is 5.87. The van der Waals surface area contributed by atoms with E-state index in [0.717, 1.165) is 37.6 Å². The second-order valence-corrected chi connectivity index (χ2v) is 6.29. The van der Waals surface area contributed by atoms with Crippen LogP contribution in [0, 0.1) is 0 Å². The number of benzene rings is 2. The predicted octanol–water partition coefficient (Wildman–Crippen LogP) is 4.24. The first kappa shape index (κ1) is 14.3. The van der Waals surface area contributed by atoms with Gasteiger partial charge in [0.25, 0.3) is 0 Å². The Morgan fingerprint density at radius 2 is 1.90 bits per heavy atom. The molecule has 2 nitrogen and oxygen atoms in total. The van der Waals surface area contributed by atoms with Gasteiger partial charge in [0.15, 0.2) is 0 Å². The van der Waals surface area contributed by atoms with Gasteiger partial charge in [-0.2, -0.15) is 0 Å². The summed E-state index contributed by atoms with van der Waals surface area (Å²) >= 11 is 1.94. The monoisotopic (exact) mass is 299 g/mol. The van der Waals surface area contributed by atoms with Crippen molar-refractivity contribution < 1.29 is 4.74 Å². The van der Waals surface area contributed by atoms with Crippen LogP contribution in [0.15, 0.2) is 53.4 Å². The zero-order valence-electron chi connectivity index (χ0n) is 12.4. The summed E-state index contributed by atoms with van der Waals surface area (Å²) in [5.41, 5.74) is 2.70. The van der Waals surface area contributed by atoms with Gasteiger partial charge in [0.2, 0.25) is 0 Å². The van der Waals surface area contributed by atoms with Gasteiger partial charge in [0.1, 0.15) is 12.4 Å². The zero-order chi connectivity index (χ0) is 14.5. The van der Waals surface area contributed by atoms with Gasteiger partial charge in [0, 0.05) is 17.2 Å². The topological polar surface area (TPSA) is 12.5 Å². The molecule has 0 atom stereocenters. The summed E-state index contributed by atoms with van der Waals surface area (Å²) in [6.45, 7) is 4.93. The van der Waals surface area contributed by atoms with Crippen molar-refractivity contribution in [2.45, 2.75) is 18.2 Å². The van der Waals surface area contributed by atoms with Gasteiger partial charge in [-0.3, -0.25) is 0 Å². The molecule has 0 spiro atoms. The van der Waals surface area contributed by atoms with Gasteiger partial charge in [0.05, 0.1) is 12.2 Å². The SMILES string of the molecule is CCc1ccc(OCCN2CCSc3ccccc32)cc1. The first-order chi connectivity index (χ1) is 10.4. The molecular formula is C18H21NOS. The highest BCUT2D eigenvalue weighted by Gasteiger charge is 2.16. The van der Waals surface area contributed by atoms with Crippen molar-refractivity contribution in [1.29, 1.82) is 0 Å². The van der Waals surface area contributed by atoms with E-state index in [1.807, 2.05) is 11.8 Å². The number of aryl methyl sites for hydroxylation is 1. The minimum Gasteiger partial charge on any atom is -0.492 e. The molecule has 1 heterocycles. The van der Waals surface area contributed by atoms with Crippen LogP contribution in [0.4, 0.5) is 5.69 Å². The predicted molar refractivity (Wildman–Crippen MR) is 90.7 cm³/mol. The number of nitrogens with zero attached hydrogens (tertiary/aromatic N) is 1. The summed E-state index contributed by atoms with van der Waals surface area (Å²) in [5.74, 6) is 2.12. The second-order valence-electron chi connectivity index (χ2n) is 5.15. The maximum atomic E-state index is 5.87. The summed E-state index contributed by atoms with van der Waals surface area (Å²) in [7, 11) is 0. The average molecular weight is 299 g/mol. The van der Waals surface area contributed by atoms with Crippen LogP contribution in [-0.2, 0) is 6.42 Å². The fraction of sp³-hybridized carbons (Fsp3) is 0.333. The quantitative estimate of drug-likeness (QED) is 0.819. The number of anilines is 1. The molecule has 21 heavy (non-hydrogen) atoms. The smallest absolute Gasteiger partial charge is 0.119 e. The number of rotatable bonds is 5. The van der Waals surface area contributed by atoms with Gasteiger partial charge >= 0.3 is 0 Å². The molecule has 0 unspecified atom stereocenters. The van der Waals surface area contributed by atoms with Crippen LogP contribution in [0.25, 0.3) is 0 Å². The molecule has 0 saturated carbocycles. The highest BCUT2D eigenvalue weighted by Crippen LogP contribution is 2.33. The van der Waals surface area contributed by atoms with Crippen LogP contribution < -0.4 is 9.64 Å². The van der Waals surface area contributed by atoms with Crippen molar-refractivity contribution in [3.05, 3.63) is 54.1 Å². The molecule has 0 saturated heterocycles. The molecule has 3 heteroatoms. The van der Waals surface area contributed by atoms with Crippen LogP contribution >= 0.6 is 11.8 Å². The third-order valence-electron chi connectivity index (χ3n) is 3.79. The number of ether oxygens (including phenoxy) is 1. The van der Waals surface area contributed by atoms with Gasteiger partial charge in [-0.15, -0.1) is 11.8 Å². The van der Waals surface area contributed by atoms with Crippen molar-refractivity contribution in [1.82, 2.24) is 0 Å². The zero-order valence-corrected chi connectivity index (χ0v) is 13.2. The van der Waals surface area contributed by atoms with Crippen molar-refractivity contribution in [3.63, 3.8) is 0 Å². The van der Waals surface area contributed by atoms with E-state index in [9.17, 15) is 0 Å². The summed E-state index contributed by atoms with van der Waals surface area (Å²) in [4.78, 5) is 3.81. The maximum Gasteiger partial charge on any atom is 0.119 e. The summed E-state index contributed by atoms with van der Waals surface area (Å²) in [5, 5.41) is 0. The molecule has 0 amide bonds. The number of fused-ring (bicyclic) bond motifs is 1. The Bertz CT molecular complexity index is 582. The van der Waals surface area contributed by atoms with Crippen LogP contribution in [0.3, 0.4) is 0 Å². The van der Waals surface area contributed by atoms with E-state index in [1.165, 1.54) is 16.1 Å². The van der Waals surface area contributed by atoms with E-state index in [4.69, 9.17) is 4.74 Å². The first-order valence-electron chi connectivity index (χ1n) is 7.55. The van der Waals surface area contributed by atoms with E-state index in [-0.39, 0.29) is 0 Å². The molecule has 0 radical (unpaired) electrons. The molecule has 0 fully saturated rings. The average Bonchev–Trinajstić information content (AvgIpc) is 2.56. The number of thioether (sulfide) groups is 1. The molecule has 110 valence electrons. The fourth-order valence-electron chi connectivity index (χ4n) is 2.55. The maximum absolute atomic E-state index is 5.87. The third kappa shape index (κ3) is 3.53. The van der Waals surface area contributed by atoms with Crippen LogP contribution in [0.5, 0.6) is 5.75 Å². The van der Waals surface area contributed by atoms with Gasteiger partial charge < -0.3 is 9.64 Å². The molecule has 0 N–H and O–H groups in total. The highest BCUT2D eigenvalue weighted by molar-refractivity contribution is 7.99. The van der Waals surface area contributed by atoms with Crippen molar-refractivity contribution >= 4 is 17.4 Å². The molecular weight excluding hydrogens is 278 g/mol. The lowest BCUT2D eigenvalue weighted by Gasteiger charge is -2.30. The third-order valence-corrected chi connectivity index (χ3v) is 4.83. The molecule has 2 aromatic rings. The number of hydrogen-bond acceptors (Lipinski definition) is 3. The molecule has 0 aromatic heterocycles. The van der Waals surface area contributed by atoms with E-state index in [0.29, 0.717) is 0 Å². The Kier molecular flexibility index (Phi) is 4.71. The highest BCUT2D eigenvalue weighted by atomic mass is 32.2. The van der Waals surface area contributed by atoms with Crippen molar-refractivity contribution in [2.24, 2.45) is 0 Å². The van der Waals surface area contributed by atoms with Gasteiger partial charge in [-0.25, -0.2) is 0 Å². The minimum absolute atomic E-state index is 0.727. The van der Waals surface area contributed by atoms with Crippen LogP contribution in [-0.4, -0.2) is 25.4 Å². The van der Waals surface area contributed by atoms with Crippen molar-refractivity contribution in [3.8, 4) is 5.75 Å².